The summed E-state index contributed by atoms with van der Waals surface area (Å²) in [6, 6.07) is 8.03. The Morgan fingerprint density at radius 1 is 1.08 bits per heavy atom. The molecule has 0 N–H and O–H groups in total. The maximum absolute atomic E-state index is 12.8. The van der Waals surface area contributed by atoms with E-state index in [9.17, 15) is 4.79 Å². The van der Waals surface area contributed by atoms with E-state index in [-0.39, 0.29) is 5.91 Å². The molecule has 0 radical (unpaired) electrons. The van der Waals surface area contributed by atoms with E-state index >= 15 is 0 Å². The highest BCUT2D eigenvalue weighted by molar-refractivity contribution is 7.14. The van der Waals surface area contributed by atoms with Crippen LogP contribution in [0, 0.1) is 0 Å². The van der Waals surface area contributed by atoms with Crippen LogP contribution in [0.1, 0.15) is 44.9 Å². The summed E-state index contributed by atoms with van der Waals surface area (Å²) in [5, 5.41) is 0. The second kappa shape index (κ2) is 8.58. The van der Waals surface area contributed by atoms with Crippen molar-refractivity contribution in [3.05, 3.63) is 45.1 Å². The number of amides is 1. The van der Waals surface area contributed by atoms with Gasteiger partial charge in [0, 0.05) is 18.5 Å². The van der Waals surface area contributed by atoms with Crippen molar-refractivity contribution in [1.82, 2.24) is 4.90 Å². The predicted molar refractivity (Wildman–Crippen MR) is 106 cm³/mol. The second-order valence-corrected chi connectivity index (χ2v) is 7.92. The standard InChI is InChI=1S/C21H27NO3S/c1-22(12-11-15-9-10-17(24-2)18(13-15)25-3)21(23)20-14-16-7-5-4-6-8-19(16)26-20/h9-10,13-14H,4-8,11-12H2,1-3H3. The number of methoxy groups -OCH3 is 2. The average Bonchev–Trinajstić information content (AvgIpc) is 2.95. The van der Waals surface area contributed by atoms with Crippen molar-refractivity contribution in [2.24, 2.45) is 0 Å². The molecule has 0 fully saturated rings. The van der Waals surface area contributed by atoms with Crippen molar-refractivity contribution < 1.29 is 14.3 Å². The number of thiophene rings is 1. The first-order valence-electron chi connectivity index (χ1n) is 9.20. The van der Waals surface area contributed by atoms with E-state index in [1.165, 1.54) is 29.7 Å². The highest BCUT2D eigenvalue weighted by atomic mass is 32.1. The molecule has 0 saturated carbocycles. The molecule has 1 aromatic heterocycles. The Morgan fingerprint density at radius 2 is 1.85 bits per heavy atom. The van der Waals surface area contributed by atoms with Crippen LogP contribution in [0.25, 0.3) is 0 Å². The molecular formula is C21H27NO3S. The van der Waals surface area contributed by atoms with Crippen molar-refractivity contribution in [3.63, 3.8) is 0 Å². The number of benzene rings is 1. The third kappa shape index (κ3) is 4.21. The summed E-state index contributed by atoms with van der Waals surface area (Å²) < 4.78 is 10.6. The maximum atomic E-state index is 12.8. The van der Waals surface area contributed by atoms with E-state index in [0.29, 0.717) is 6.54 Å². The van der Waals surface area contributed by atoms with Gasteiger partial charge in [-0.25, -0.2) is 0 Å². The molecule has 3 rings (SSSR count). The Bertz CT molecular complexity index is 745. The summed E-state index contributed by atoms with van der Waals surface area (Å²) >= 11 is 1.69. The molecule has 1 heterocycles. The van der Waals surface area contributed by atoms with Crippen LogP contribution in [0.2, 0.25) is 0 Å². The van der Waals surface area contributed by atoms with Crippen molar-refractivity contribution >= 4 is 17.2 Å². The van der Waals surface area contributed by atoms with Gasteiger partial charge in [-0.2, -0.15) is 0 Å². The molecule has 0 unspecified atom stereocenters. The first-order chi connectivity index (χ1) is 12.6. The van der Waals surface area contributed by atoms with Crippen LogP contribution in [0.4, 0.5) is 0 Å². The van der Waals surface area contributed by atoms with Gasteiger partial charge in [-0.05, 0) is 61.4 Å². The molecule has 26 heavy (non-hydrogen) atoms. The van der Waals surface area contributed by atoms with E-state index < -0.39 is 0 Å². The van der Waals surface area contributed by atoms with Crippen LogP contribution in [0.5, 0.6) is 11.5 Å². The summed E-state index contributed by atoms with van der Waals surface area (Å²) in [5.74, 6) is 1.57. The summed E-state index contributed by atoms with van der Waals surface area (Å²) in [4.78, 5) is 16.9. The number of carbonyl (C=O) groups excluding carboxylic acids is 1. The van der Waals surface area contributed by atoms with E-state index in [2.05, 4.69) is 6.07 Å². The quantitative estimate of drug-likeness (QED) is 0.707. The molecule has 0 spiro atoms. The molecule has 1 aromatic carbocycles. The smallest absolute Gasteiger partial charge is 0.263 e. The minimum absolute atomic E-state index is 0.128. The summed E-state index contributed by atoms with van der Waals surface area (Å²) in [6.45, 7) is 0.677. The molecular weight excluding hydrogens is 346 g/mol. The number of hydrogen-bond donors (Lipinski definition) is 0. The van der Waals surface area contributed by atoms with E-state index in [1.54, 1.807) is 25.6 Å². The van der Waals surface area contributed by atoms with Crippen molar-refractivity contribution in [1.29, 1.82) is 0 Å². The average molecular weight is 374 g/mol. The molecule has 0 saturated heterocycles. The van der Waals surface area contributed by atoms with Crippen LogP contribution >= 0.6 is 11.3 Å². The van der Waals surface area contributed by atoms with Gasteiger partial charge in [0.1, 0.15) is 0 Å². The van der Waals surface area contributed by atoms with Crippen LogP contribution in [0.15, 0.2) is 24.3 Å². The lowest BCUT2D eigenvalue weighted by atomic mass is 10.1. The highest BCUT2D eigenvalue weighted by Gasteiger charge is 2.19. The molecule has 5 heteroatoms. The fourth-order valence-electron chi connectivity index (χ4n) is 3.40. The minimum atomic E-state index is 0.128. The molecule has 140 valence electrons. The van der Waals surface area contributed by atoms with Gasteiger partial charge in [0.2, 0.25) is 0 Å². The zero-order valence-corrected chi connectivity index (χ0v) is 16.7. The fourth-order valence-corrected chi connectivity index (χ4v) is 4.64. The molecule has 0 bridgehead atoms. The number of nitrogens with zero attached hydrogens (tertiary/aromatic N) is 1. The fraction of sp³-hybridized carbons (Fsp3) is 0.476. The topological polar surface area (TPSA) is 38.8 Å². The first-order valence-corrected chi connectivity index (χ1v) is 10.0. The van der Waals surface area contributed by atoms with Gasteiger partial charge in [0.25, 0.3) is 5.91 Å². The molecule has 0 atom stereocenters. The third-order valence-electron chi connectivity index (χ3n) is 4.99. The second-order valence-electron chi connectivity index (χ2n) is 6.79. The number of fused-ring (bicyclic) bond motifs is 1. The molecule has 2 aromatic rings. The number of ether oxygens (including phenoxy) is 2. The number of rotatable bonds is 6. The van der Waals surface area contributed by atoms with Gasteiger partial charge in [0.05, 0.1) is 19.1 Å². The Labute approximate surface area is 159 Å². The van der Waals surface area contributed by atoms with Gasteiger partial charge in [-0.3, -0.25) is 4.79 Å². The van der Waals surface area contributed by atoms with Gasteiger partial charge < -0.3 is 14.4 Å². The van der Waals surface area contributed by atoms with Crippen LogP contribution < -0.4 is 9.47 Å². The first kappa shape index (κ1) is 18.8. The van der Waals surface area contributed by atoms with Gasteiger partial charge >= 0.3 is 0 Å². The minimum Gasteiger partial charge on any atom is -0.493 e. The lowest BCUT2D eigenvalue weighted by Crippen LogP contribution is -2.28. The Morgan fingerprint density at radius 3 is 2.62 bits per heavy atom. The van der Waals surface area contributed by atoms with Crippen LogP contribution in [0.3, 0.4) is 0 Å². The Balaban J connectivity index is 1.63. The normalized spacial score (nSPS) is 13.7. The lowest BCUT2D eigenvalue weighted by molar-refractivity contribution is 0.0801. The molecule has 1 aliphatic rings. The zero-order valence-electron chi connectivity index (χ0n) is 15.8. The van der Waals surface area contributed by atoms with Gasteiger partial charge in [-0.15, -0.1) is 11.3 Å². The molecule has 4 nitrogen and oxygen atoms in total. The van der Waals surface area contributed by atoms with E-state index in [4.69, 9.17) is 9.47 Å². The molecule has 1 aliphatic carbocycles. The summed E-state index contributed by atoms with van der Waals surface area (Å²) in [6.07, 6.45) is 6.82. The van der Waals surface area contributed by atoms with E-state index in [0.717, 1.165) is 41.2 Å². The number of likely N-dealkylation sites (N-methyl/N-ethyl adjacent to an activating group) is 1. The number of aryl methyl sites for hydroxylation is 2. The lowest BCUT2D eigenvalue weighted by Gasteiger charge is -2.17. The maximum Gasteiger partial charge on any atom is 0.263 e. The Kier molecular flexibility index (Phi) is 6.20. The van der Waals surface area contributed by atoms with Crippen molar-refractivity contribution in [2.75, 3.05) is 27.8 Å². The Hall–Kier alpha value is -2.01. The van der Waals surface area contributed by atoms with Gasteiger partial charge in [0.15, 0.2) is 11.5 Å². The number of hydrogen-bond acceptors (Lipinski definition) is 4. The third-order valence-corrected chi connectivity index (χ3v) is 6.21. The summed E-state index contributed by atoms with van der Waals surface area (Å²) in [7, 11) is 5.15. The highest BCUT2D eigenvalue weighted by Crippen LogP contribution is 2.30. The largest absolute Gasteiger partial charge is 0.493 e. The van der Waals surface area contributed by atoms with Crippen LogP contribution in [-0.4, -0.2) is 38.6 Å². The van der Waals surface area contributed by atoms with E-state index in [1.807, 2.05) is 30.1 Å². The monoisotopic (exact) mass is 373 g/mol. The van der Waals surface area contributed by atoms with Gasteiger partial charge in [-0.1, -0.05) is 12.5 Å². The number of carbonyl (C=O) groups is 1. The van der Waals surface area contributed by atoms with Crippen molar-refractivity contribution in [3.8, 4) is 11.5 Å². The van der Waals surface area contributed by atoms with Crippen molar-refractivity contribution in [2.45, 2.75) is 38.5 Å². The SMILES string of the molecule is COc1ccc(CCN(C)C(=O)c2cc3c(s2)CCCCC3)cc1OC. The van der Waals surface area contributed by atoms with Crippen LogP contribution in [-0.2, 0) is 19.3 Å². The molecule has 1 amide bonds. The zero-order chi connectivity index (χ0) is 18.5. The predicted octanol–water partition coefficient (Wildman–Crippen LogP) is 4.35. The summed E-state index contributed by atoms with van der Waals surface area (Å²) in [5.41, 5.74) is 2.52. The molecule has 0 aliphatic heterocycles.